The second kappa shape index (κ2) is 4.58. The van der Waals surface area contributed by atoms with Gasteiger partial charge in [0.15, 0.2) is 0 Å². The van der Waals surface area contributed by atoms with Crippen molar-refractivity contribution < 1.29 is 0 Å². The summed E-state index contributed by atoms with van der Waals surface area (Å²) in [6.45, 7) is 0. The number of hydrogen-bond acceptors (Lipinski definition) is 0. The van der Waals surface area contributed by atoms with Gasteiger partial charge in [-0.05, 0) is 41.5 Å². The van der Waals surface area contributed by atoms with Crippen LogP contribution in [0.25, 0.3) is 11.6 Å². The van der Waals surface area contributed by atoms with Gasteiger partial charge in [0.25, 0.3) is 0 Å². The molecular formula is C17H16. The molecule has 0 fully saturated rings. The van der Waals surface area contributed by atoms with Crippen molar-refractivity contribution in [3.8, 4) is 0 Å². The van der Waals surface area contributed by atoms with Crippen molar-refractivity contribution in [1.82, 2.24) is 0 Å². The third-order valence-corrected chi connectivity index (χ3v) is 3.40. The second-order valence-electron chi connectivity index (χ2n) is 4.59. The molecule has 0 nitrogen and oxygen atoms in total. The largest absolute Gasteiger partial charge is 0.0622 e. The van der Waals surface area contributed by atoms with Crippen LogP contribution in [0.3, 0.4) is 0 Å². The summed E-state index contributed by atoms with van der Waals surface area (Å²) >= 11 is 0. The summed E-state index contributed by atoms with van der Waals surface area (Å²) in [5.74, 6) is 0. The van der Waals surface area contributed by atoms with E-state index in [0.717, 1.165) is 0 Å². The van der Waals surface area contributed by atoms with Crippen molar-refractivity contribution in [1.29, 1.82) is 0 Å². The van der Waals surface area contributed by atoms with Crippen LogP contribution in [0.1, 0.15) is 29.5 Å². The molecule has 0 heteroatoms. The van der Waals surface area contributed by atoms with Crippen molar-refractivity contribution in [3.05, 3.63) is 71.3 Å². The van der Waals surface area contributed by atoms with Crippen molar-refractivity contribution in [3.63, 3.8) is 0 Å². The maximum atomic E-state index is 2.33. The number of fused-ring (bicyclic) bond motifs is 1. The first-order valence-corrected chi connectivity index (χ1v) is 6.27. The summed E-state index contributed by atoms with van der Waals surface area (Å²) in [5.41, 5.74) is 5.74. The number of aryl methyl sites for hydroxylation is 1. The van der Waals surface area contributed by atoms with Gasteiger partial charge in [0.1, 0.15) is 0 Å². The van der Waals surface area contributed by atoms with Crippen LogP contribution in [0.2, 0.25) is 0 Å². The molecule has 0 amide bonds. The Bertz CT molecular complexity index is 535. The van der Waals surface area contributed by atoms with Gasteiger partial charge < -0.3 is 0 Å². The Morgan fingerprint density at radius 1 is 0.765 bits per heavy atom. The van der Waals surface area contributed by atoms with Crippen molar-refractivity contribution in [2.75, 3.05) is 0 Å². The lowest BCUT2D eigenvalue weighted by Crippen LogP contribution is -2.00. The van der Waals surface area contributed by atoms with Crippen LogP contribution < -0.4 is 0 Å². The van der Waals surface area contributed by atoms with Gasteiger partial charge in [-0.3, -0.25) is 0 Å². The van der Waals surface area contributed by atoms with Crippen LogP contribution in [0.4, 0.5) is 0 Å². The molecule has 0 N–H and O–H groups in total. The molecule has 0 saturated carbocycles. The lowest BCUT2D eigenvalue weighted by Gasteiger charge is -2.18. The average Bonchev–Trinajstić information content (AvgIpc) is 2.40. The van der Waals surface area contributed by atoms with E-state index in [0.29, 0.717) is 0 Å². The highest BCUT2D eigenvalue weighted by Gasteiger charge is 2.12. The van der Waals surface area contributed by atoms with Gasteiger partial charge in [-0.25, -0.2) is 0 Å². The van der Waals surface area contributed by atoms with E-state index in [4.69, 9.17) is 0 Å². The molecule has 0 radical (unpaired) electrons. The molecule has 0 bridgehead atoms. The molecule has 0 aliphatic heterocycles. The number of allylic oxidation sites excluding steroid dienone is 1. The van der Waals surface area contributed by atoms with E-state index in [9.17, 15) is 0 Å². The van der Waals surface area contributed by atoms with Crippen LogP contribution >= 0.6 is 0 Å². The maximum absolute atomic E-state index is 2.33. The Morgan fingerprint density at radius 3 is 2.41 bits per heavy atom. The van der Waals surface area contributed by atoms with Gasteiger partial charge in [-0.2, -0.15) is 0 Å². The molecule has 0 unspecified atom stereocenters. The highest BCUT2D eigenvalue weighted by Crippen LogP contribution is 2.31. The summed E-state index contributed by atoms with van der Waals surface area (Å²) in [5, 5.41) is 0. The van der Waals surface area contributed by atoms with E-state index in [1.165, 1.54) is 41.5 Å². The fraction of sp³-hybridized carbons (Fsp3) is 0.176. The van der Waals surface area contributed by atoms with Gasteiger partial charge in [-0.1, -0.05) is 60.7 Å². The molecule has 0 heterocycles. The summed E-state index contributed by atoms with van der Waals surface area (Å²) in [6, 6.07) is 19.4. The van der Waals surface area contributed by atoms with E-state index in [2.05, 4.69) is 60.7 Å². The fourth-order valence-corrected chi connectivity index (χ4v) is 2.56. The van der Waals surface area contributed by atoms with Gasteiger partial charge in [-0.15, -0.1) is 0 Å². The molecule has 17 heavy (non-hydrogen) atoms. The molecule has 2 aromatic carbocycles. The van der Waals surface area contributed by atoms with Crippen molar-refractivity contribution in [2.45, 2.75) is 19.3 Å². The van der Waals surface area contributed by atoms with Gasteiger partial charge in [0, 0.05) is 0 Å². The highest BCUT2D eigenvalue weighted by molar-refractivity contribution is 5.83. The number of hydrogen-bond donors (Lipinski definition) is 0. The third kappa shape index (κ3) is 2.16. The second-order valence-corrected chi connectivity index (χ2v) is 4.59. The van der Waals surface area contributed by atoms with E-state index in [-0.39, 0.29) is 0 Å². The predicted octanol–water partition coefficient (Wildman–Crippen LogP) is 4.56. The lowest BCUT2D eigenvalue weighted by molar-refractivity contribution is 0.824. The average molecular weight is 220 g/mol. The SMILES string of the molecule is C(=C1/CCCc2ccccc21)/c1ccccc1. The van der Waals surface area contributed by atoms with Crippen molar-refractivity contribution >= 4 is 11.6 Å². The number of benzene rings is 2. The lowest BCUT2D eigenvalue weighted by atomic mass is 9.86. The van der Waals surface area contributed by atoms with E-state index in [1.807, 2.05) is 0 Å². The minimum atomic E-state index is 1.20. The normalized spacial score (nSPS) is 16.8. The van der Waals surface area contributed by atoms with E-state index in [1.54, 1.807) is 0 Å². The monoisotopic (exact) mass is 220 g/mol. The molecule has 2 aromatic rings. The standard InChI is InChI=1S/C17H16/c1-2-7-14(8-3-1)13-16-11-6-10-15-9-4-5-12-17(15)16/h1-5,7-9,12-13H,6,10-11H2/b16-13+. The zero-order valence-corrected chi connectivity index (χ0v) is 9.89. The van der Waals surface area contributed by atoms with Gasteiger partial charge in [0.05, 0.1) is 0 Å². The smallest absolute Gasteiger partial charge is 0.0192 e. The Kier molecular flexibility index (Phi) is 2.79. The summed E-state index contributed by atoms with van der Waals surface area (Å²) in [4.78, 5) is 0. The van der Waals surface area contributed by atoms with E-state index < -0.39 is 0 Å². The summed E-state index contributed by atoms with van der Waals surface area (Å²) in [7, 11) is 0. The molecule has 84 valence electrons. The topological polar surface area (TPSA) is 0 Å². The predicted molar refractivity (Wildman–Crippen MR) is 73.7 cm³/mol. The third-order valence-electron chi connectivity index (χ3n) is 3.40. The Morgan fingerprint density at radius 2 is 1.53 bits per heavy atom. The molecule has 0 saturated heterocycles. The van der Waals surface area contributed by atoms with E-state index >= 15 is 0 Å². The Hall–Kier alpha value is -1.82. The van der Waals surface area contributed by atoms with Crippen molar-refractivity contribution in [2.24, 2.45) is 0 Å². The molecule has 0 spiro atoms. The molecule has 3 rings (SSSR count). The summed E-state index contributed by atoms with van der Waals surface area (Å²) < 4.78 is 0. The first-order valence-electron chi connectivity index (χ1n) is 6.27. The minimum absolute atomic E-state index is 1.20. The zero-order valence-electron chi connectivity index (χ0n) is 9.89. The maximum Gasteiger partial charge on any atom is -0.0192 e. The zero-order chi connectivity index (χ0) is 11.5. The fourth-order valence-electron chi connectivity index (χ4n) is 2.56. The first kappa shape index (κ1) is 10.3. The van der Waals surface area contributed by atoms with Crippen LogP contribution in [-0.2, 0) is 6.42 Å². The Balaban J connectivity index is 2.03. The molecule has 1 aliphatic carbocycles. The van der Waals surface area contributed by atoms with Crippen LogP contribution in [0.15, 0.2) is 54.6 Å². The van der Waals surface area contributed by atoms with Gasteiger partial charge >= 0.3 is 0 Å². The minimum Gasteiger partial charge on any atom is -0.0622 e. The van der Waals surface area contributed by atoms with Crippen LogP contribution in [-0.4, -0.2) is 0 Å². The quantitative estimate of drug-likeness (QED) is 0.660. The van der Waals surface area contributed by atoms with Crippen LogP contribution in [0.5, 0.6) is 0 Å². The molecular weight excluding hydrogens is 204 g/mol. The molecule has 0 atom stereocenters. The molecule has 1 aliphatic rings. The first-order chi connectivity index (χ1) is 8.43. The van der Waals surface area contributed by atoms with Gasteiger partial charge in [0.2, 0.25) is 0 Å². The Labute approximate surface area is 103 Å². The number of rotatable bonds is 1. The summed E-state index contributed by atoms with van der Waals surface area (Å²) in [6.07, 6.45) is 6.03. The van der Waals surface area contributed by atoms with Crippen LogP contribution in [0, 0.1) is 0 Å². The highest BCUT2D eigenvalue weighted by atomic mass is 14.2. The molecule has 0 aromatic heterocycles.